The Kier molecular flexibility index (Phi) is 4.11. The Labute approximate surface area is 123 Å². The molecule has 5 heteroatoms. The van der Waals surface area contributed by atoms with Gasteiger partial charge in [-0.15, -0.1) is 0 Å². The van der Waals surface area contributed by atoms with Crippen LogP contribution in [0.3, 0.4) is 0 Å². The number of ether oxygens (including phenoxy) is 1. The van der Waals surface area contributed by atoms with Crippen molar-refractivity contribution in [3.05, 3.63) is 29.8 Å². The number of hydrogen-bond acceptors (Lipinski definition) is 4. The van der Waals surface area contributed by atoms with Gasteiger partial charge in [-0.25, -0.2) is 4.79 Å². The summed E-state index contributed by atoms with van der Waals surface area (Å²) in [4.78, 5) is 37.2. The molecule has 0 aliphatic carbocycles. The molecule has 112 valence electrons. The number of benzene rings is 1. The van der Waals surface area contributed by atoms with Crippen LogP contribution in [-0.2, 0) is 14.3 Å². The molecule has 21 heavy (non-hydrogen) atoms. The van der Waals surface area contributed by atoms with Crippen LogP contribution in [0.1, 0.15) is 44.0 Å². The average Bonchev–Trinajstić information content (AvgIpc) is 2.45. The highest BCUT2D eigenvalue weighted by atomic mass is 16.5. The molecule has 0 radical (unpaired) electrons. The summed E-state index contributed by atoms with van der Waals surface area (Å²) in [6.07, 6.45) is 0.903. The van der Waals surface area contributed by atoms with Crippen LogP contribution in [0.5, 0.6) is 0 Å². The minimum atomic E-state index is -0.548. The predicted molar refractivity (Wildman–Crippen MR) is 77.9 cm³/mol. The van der Waals surface area contributed by atoms with Crippen LogP contribution in [-0.4, -0.2) is 24.4 Å². The van der Waals surface area contributed by atoms with Crippen molar-refractivity contribution in [2.75, 3.05) is 11.5 Å². The average molecular weight is 289 g/mol. The molecular formula is C16H19NO4. The zero-order chi connectivity index (χ0) is 15.6. The lowest BCUT2D eigenvalue weighted by molar-refractivity contribution is -0.136. The van der Waals surface area contributed by atoms with Gasteiger partial charge in [-0.1, -0.05) is 13.8 Å². The lowest BCUT2D eigenvalue weighted by Crippen LogP contribution is -2.49. The first kappa shape index (κ1) is 15.2. The smallest absolute Gasteiger partial charge is 0.338 e. The van der Waals surface area contributed by atoms with Crippen molar-refractivity contribution in [1.82, 2.24) is 0 Å². The van der Waals surface area contributed by atoms with Gasteiger partial charge in [0.2, 0.25) is 11.8 Å². The Morgan fingerprint density at radius 1 is 1.24 bits per heavy atom. The highest BCUT2D eigenvalue weighted by Crippen LogP contribution is 2.33. The molecule has 1 aromatic carbocycles. The Balaban J connectivity index is 2.27. The summed E-state index contributed by atoms with van der Waals surface area (Å²) in [5.41, 5.74) is 0.343. The van der Waals surface area contributed by atoms with Crippen LogP contribution in [0.4, 0.5) is 5.69 Å². The van der Waals surface area contributed by atoms with E-state index in [-0.39, 0.29) is 11.8 Å². The number of carbonyl (C=O) groups excluding carboxylic acids is 3. The van der Waals surface area contributed by atoms with Crippen molar-refractivity contribution < 1.29 is 19.1 Å². The molecule has 0 bridgehead atoms. The minimum absolute atomic E-state index is 0.205. The molecule has 0 atom stereocenters. The molecule has 1 aliphatic rings. The van der Waals surface area contributed by atoms with E-state index in [1.807, 2.05) is 13.8 Å². The second-order valence-corrected chi connectivity index (χ2v) is 5.69. The molecule has 1 aromatic rings. The first-order chi connectivity index (χ1) is 9.86. The Bertz CT molecular complexity index is 574. The quantitative estimate of drug-likeness (QED) is 0.633. The molecule has 0 aromatic heterocycles. The third-order valence-corrected chi connectivity index (χ3v) is 3.63. The molecular weight excluding hydrogens is 270 g/mol. The topological polar surface area (TPSA) is 63.7 Å². The number of imide groups is 1. The fourth-order valence-electron chi connectivity index (χ4n) is 2.28. The third-order valence-electron chi connectivity index (χ3n) is 3.63. The lowest BCUT2D eigenvalue weighted by atomic mass is 9.82. The summed E-state index contributed by atoms with van der Waals surface area (Å²) >= 11 is 0. The molecule has 5 nitrogen and oxygen atoms in total. The molecule has 2 rings (SSSR count). The Morgan fingerprint density at radius 2 is 1.86 bits per heavy atom. The number of amides is 2. The number of piperidine rings is 1. The third kappa shape index (κ3) is 2.96. The molecule has 1 fully saturated rings. The van der Waals surface area contributed by atoms with E-state index in [0.29, 0.717) is 30.7 Å². The summed E-state index contributed by atoms with van der Waals surface area (Å²) in [6, 6.07) is 6.33. The van der Waals surface area contributed by atoms with Crippen molar-refractivity contribution in [3.8, 4) is 0 Å². The van der Waals surface area contributed by atoms with Crippen LogP contribution in [0, 0.1) is 5.41 Å². The van der Waals surface area contributed by atoms with Crippen LogP contribution in [0.25, 0.3) is 0 Å². The zero-order valence-electron chi connectivity index (χ0n) is 12.5. The van der Waals surface area contributed by atoms with Crippen molar-refractivity contribution in [2.45, 2.75) is 33.6 Å². The minimum Gasteiger partial charge on any atom is -0.462 e. The maximum atomic E-state index is 12.4. The van der Waals surface area contributed by atoms with E-state index < -0.39 is 11.4 Å². The van der Waals surface area contributed by atoms with Gasteiger partial charge >= 0.3 is 5.97 Å². The van der Waals surface area contributed by atoms with Crippen molar-refractivity contribution in [2.24, 2.45) is 5.41 Å². The summed E-state index contributed by atoms with van der Waals surface area (Å²) in [6.45, 7) is 5.71. The molecule has 1 heterocycles. The van der Waals surface area contributed by atoms with Gasteiger partial charge in [0.15, 0.2) is 0 Å². The van der Waals surface area contributed by atoms with Crippen LogP contribution in [0.2, 0.25) is 0 Å². The summed E-state index contributed by atoms with van der Waals surface area (Å²) in [5.74, 6) is -0.827. The van der Waals surface area contributed by atoms with Crippen LogP contribution in [0.15, 0.2) is 24.3 Å². The van der Waals surface area contributed by atoms with Crippen molar-refractivity contribution in [1.29, 1.82) is 0 Å². The highest BCUT2D eigenvalue weighted by Gasteiger charge is 2.40. The van der Waals surface area contributed by atoms with Gasteiger partial charge < -0.3 is 4.74 Å². The van der Waals surface area contributed by atoms with E-state index in [1.165, 1.54) is 4.90 Å². The van der Waals surface area contributed by atoms with Crippen LogP contribution >= 0.6 is 0 Å². The Morgan fingerprint density at radius 3 is 2.43 bits per heavy atom. The Hall–Kier alpha value is -2.17. The van der Waals surface area contributed by atoms with E-state index in [2.05, 4.69) is 0 Å². The maximum Gasteiger partial charge on any atom is 0.338 e. The van der Waals surface area contributed by atoms with E-state index >= 15 is 0 Å². The first-order valence-electron chi connectivity index (χ1n) is 7.01. The maximum absolute atomic E-state index is 12.4. The second-order valence-electron chi connectivity index (χ2n) is 5.69. The number of anilines is 1. The monoisotopic (exact) mass is 289 g/mol. The number of rotatable bonds is 3. The van der Waals surface area contributed by atoms with Gasteiger partial charge in [0, 0.05) is 11.8 Å². The van der Waals surface area contributed by atoms with Gasteiger partial charge in [0.05, 0.1) is 17.9 Å². The van der Waals surface area contributed by atoms with E-state index in [1.54, 1.807) is 31.2 Å². The van der Waals surface area contributed by atoms with Crippen molar-refractivity contribution >= 4 is 23.5 Å². The number of hydrogen-bond donors (Lipinski definition) is 0. The SMILES string of the molecule is CCOC(=O)c1ccc(N2C(=O)CCC(C)(C)C2=O)cc1. The van der Waals surface area contributed by atoms with Gasteiger partial charge in [0.25, 0.3) is 0 Å². The molecule has 1 aliphatic heterocycles. The van der Waals surface area contributed by atoms with E-state index in [9.17, 15) is 14.4 Å². The summed E-state index contributed by atoms with van der Waals surface area (Å²) in [7, 11) is 0. The molecule has 0 N–H and O–H groups in total. The summed E-state index contributed by atoms with van der Waals surface area (Å²) in [5, 5.41) is 0. The lowest BCUT2D eigenvalue weighted by Gasteiger charge is -2.35. The highest BCUT2D eigenvalue weighted by molar-refractivity contribution is 6.18. The normalized spacial score (nSPS) is 17.8. The molecule has 0 saturated carbocycles. The molecule has 0 spiro atoms. The molecule has 0 unspecified atom stereocenters. The fraction of sp³-hybridized carbons (Fsp3) is 0.438. The molecule has 2 amide bonds. The number of esters is 1. The zero-order valence-corrected chi connectivity index (χ0v) is 12.5. The van der Waals surface area contributed by atoms with Gasteiger partial charge in [-0.3, -0.25) is 14.5 Å². The number of nitrogens with zero attached hydrogens (tertiary/aromatic N) is 1. The van der Waals surface area contributed by atoms with E-state index in [0.717, 1.165) is 0 Å². The largest absolute Gasteiger partial charge is 0.462 e. The van der Waals surface area contributed by atoms with Gasteiger partial charge in [0.1, 0.15) is 0 Å². The van der Waals surface area contributed by atoms with Gasteiger partial charge in [-0.05, 0) is 37.6 Å². The molecule has 1 saturated heterocycles. The number of carbonyl (C=O) groups is 3. The standard InChI is InChI=1S/C16H19NO4/c1-4-21-14(19)11-5-7-12(8-6-11)17-13(18)9-10-16(2,3)15(17)20/h5-8H,4,9-10H2,1-3H3. The first-order valence-corrected chi connectivity index (χ1v) is 7.01. The van der Waals surface area contributed by atoms with Crippen molar-refractivity contribution in [3.63, 3.8) is 0 Å². The predicted octanol–water partition coefficient (Wildman–Crippen LogP) is 2.54. The fourth-order valence-corrected chi connectivity index (χ4v) is 2.28. The summed E-state index contributed by atoms with van der Waals surface area (Å²) < 4.78 is 4.90. The van der Waals surface area contributed by atoms with E-state index in [4.69, 9.17) is 4.74 Å². The van der Waals surface area contributed by atoms with Crippen LogP contribution < -0.4 is 4.90 Å². The second kappa shape index (κ2) is 5.68. The van der Waals surface area contributed by atoms with Gasteiger partial charge in [-0.2, -0.15) is 0 Å².